The van der Waals surface area contributed by atoms with Crippen molar-refractivity contribution in [2.75, 3.05) is 13.2 Å². The Balaban J connectivity index is 4.50. The van der Waals surface area contributed by atoms with Gasteiger partial charge in [0.2, 0.25) is 0 Å². The largest absolute Gasteiger partial charge is 0.462 e. The number of carbonyl (C=O) groups excluding carboxylic acids is 3. The van der Waals surface area contributed by atoms with Crippen molar-refractivity contribution in [1.29, 1.82) is 0 Å². The van der Waals surface area contributed by atoms with Gasteiger partial charge in [-0.25, -0.2) is 0 Å². The third-order valence-electron chi connectivity index (χ3n) is 8.16. The van der Waals surface area contributed by atoms with Gasteiger partial charge in [-0.1, -0.05) is 184 Å². The maximum atomic E-state index is 12.6. The highest BCUT2D eigenvalue weighted by Crippen LogP contribution is 2.13. The van der Waals surface area contributed by atoms with Gasteiger partial charge in [0.05, 0.1) is 0 Å². The van der Waals surface area contributed by atoms with Crippen molar-refractivity contribution in [1.82, 2.24) is 0 Å². The standard InChI is InChI=1S/C43H72O6/c1-4-7-10-13-16-19-20-21-22-25-27-30-33-36-42(45)48-39-40(49-43(46)37-34-31-28-24-18-15-12-9-6-3)38-47-41(44)35-32-29-26-23-17-14-11-8-5-2/h7,10,13,16,19-22,25,27,40H,4-6,8-9,11-12,14-15,17-18,23-24,26,28-39H2,1-3H3/b10-7-,16-13-,20-19-,22-21-,27-25-. The minimum absolute atomic E-state index is 0.0954. The fourth-order valence-electron chi connectivity index (χ4n) is 5.18. The highest BCUT2D eigenvalue weighted by molar-refractivity contribution is 5.71. The fraction of sp³-hybridized carbons (Fsp3) is 0.698. The van der Waals surface area contributed by atoms with Crippen LogP contribution in [-0.4, -0.2) is 37.2 Å². The van der Waals surface area contributed by atoms with Crippen molar-refractivity contribution < 1.29 is 28.6 Å². The summed E-state index contributed by atoms with van der Waals surface area (Å²) in [6.45, 7) is 6.35. The molecule has 1 unspecified atom stereocenters. The predicted molar refractivity (Wildman–Crippen MR) is 205 cm³/mol. The lowest BCUT2D eigenvalue weighted by molar-refractivity contribution is -0.167. The van der Waals surface area contributed by atoms with E-state index in [0.29, 0.717) is 19.3 Å². The Morgan fingerprint density at radius 3 is 1.24 bits per heavy atom. The van der Waals surface area contributed by atoms with Crippen molar-refractivity contribution in [2.24, 2.45) is 0 Å². The number of esters is 3. The molecule has 280 valence electrons. The number of hydrogen-bond donors (Lipinski definition) is 0. The molecule has 0 bridgehead atoms. The number of hydrogen-bond acceptors (Lipinski definition) is 6. The highest BCUT2D eigenvalue weighted by atomic mass is 16.6. The molecule has 0 amide bonds. The van der Waals surface area contributed by atoms with Crippen LogP contribution in [-0.2, 0) is 28.6 Å². The van der Waals surface area contributed by atoms with E-state index in [2.05, 4.69) is 26.8 Å². The van der Waals surface area contributed by atoms with E-state index in [1.54, 1.807) is 0 Å². The van der Waals surface area contributed by atoms with Gasteiger partial charge in [0.15, 0.2) is 6.10 Å². The van der Waals surface area contributed by atoms with Crippen LogP contribution in [0.2, 0.25) is 0 Å². The first-order valence-corrected chi connectivity index (χ1v) is 19.9. The molecule has 1 atom stereocenters. The number of ether oxygens (including phenoxy) is 3. The van der Waals surface area contributed by atoms with E-state index in [4.69, 9.17) is 14.2 Å². The van der Waals surface area contributed by atoms with E-state index < -0.39 is 6.10 Å². The van der Waals surface area contributed by atoms with E-state index in [1.165, 1.54) is 77.0 Å². The normalized spacial score (nSPS) is 12.6. The van der Waals surface area contributed by atoms with Crippen LogP contribution in [0.4, 0.5) is 0 Å². The monoisotopic (exact) mass is 685 g/mol. The quantitative estimate of drug-likeness (QED) is 0.0290. The molecule has 0 saturated carbocycles. The van der Waals surface area contributed by atoms with Gasteiger partial charge in [0.25, 0.3) is 0 Å². The van der Waals surface area contributed by atoms with E-state index in [-0.39, 0.29) is 37.5 Å². The Bertz CT molecular complexity index is 929. The SMILES string of the molecule is CC\C=C/C=C\C=C/C=C\C=C/CCCC(=O)OCC(COC(=O)CCCCCCCCCCC)OC(=O)CCCCCCCCCCC. The summed E-state index contributed by atoms with van der Waals surface area (Å²) in [5.41, 5.74) is 0. The topological polar surface area (TPSA) is 78.9 Å². The van der Waals surface area contributed by atoms with Crippen LogP contribution in [0.5, 0.6) is 0 Å². The molecule has 0 aromatic carbocycles. The van der Waals surface area contributed by atoms with Crippen LogP contribution in [0, 0.1) is 0 Å². The molecule has 0 aromatic heterocycles. The van der Waals surface area contributed by atoms with E-state index >= 15 is 0 Å². The molecule has 0 rings (SSSR count). The third kappa shape index (κ3) is 36.2. The maximum Gasteiger partial charge on any atom is 0.306 e. The maximum absolute atomic E-state index is 12.6. The summed E-state index contributed by atoms with van der Waals surface area (Å²) in [5, 5.41) is 0. The van der Waals surface area contributed by atoms with Crippen molar-refractivity contribution in [3.63, 3.8) is 0 Å². The van der Waals surface area contributed by atoms with Crippen LogP contribution in [0.1, 0.15) is 175 Å². The van der Waals surface area contributed by atoms with Crippen LogP contribution in [0.25, 0.3) is 0 Å². The first kappa shape index (κ1) is 46.1. The summed E-state index contributed by atoms with van der Waals surface area (Å²) >= 11 is 0. The zero-order valence-electron chi connectivity index (χ0n) is 31.7. The predicted octanol–water partition coefficient (Wildman–Crippen LogP) is 12.2. The van der Waals surface area contributed by atoms with Crippen molar-refractivity contribution in [3.05, 3.63) is 60.8 Å². The fourth-order valence-corrected chi connectivity index (χ4v) is 5.18. The second-order valence-electron chi connectivity index (χ2n) is 12.9. The zero-order chi connectivity index (χ0) is 35.9. The lowest BCUT2D eigenvalue weighted by atomic mass is 10.1. The molecule has 0 aliphatic rings. The Morgan fingerprint density at radius 1 is 0.429 bits per heavy atom. The number of unbranched alkanes of at least 4 members (excludes halogenated alkanes) is 17. The lowest BCUT2D eigenvalue weighted by Gasteiger charge is -2.18. The van der Waals surface area contributed by atoms with Gasteiger partial charge in [0.1, 0.15) is 13.2 Å². The number of rotatable bonds is 34. The molecule has 0 aliphatic carbocycles. The van der Waals surface area contributed by atoms with Gasteiger partial charge >= 0.3 is 17.9 Å². The average Bonchev–Trinajstić information content (AvgIpc) is 3.10. The summed E-state index contributed by atoms with van der Waals surface area (Å²) in [6.07, 6.45) is 43.6. The molecular weight excluding hydrogens is 612 g/mol. The van der Waals surface area contributed by atoms with Crippen LogP contribution in [0.3, 0.4) is 0 Å². The van der Waals surface area contributed by atoms with Crippen molar-refractivity contribution in [3.8, 4) is 0 Å². The van der Waals surface area contributed by atoms with Crippen LogP contribution < -0.4 is 0 Å². The Kier molecular flexibility index (Phi) is 35.7. The molecule has 0 fully saturated rings. The Hall–Kier alpha value is -2.89. The molecule has 0 heterocycles. The molecule has 0 aromatic rings. The molecule has 0 N–H and O–H groups in total. The van der Waals surface area contributed by atoms with Gasteiger partial charge in [-0.2, -0.15) is 0 Å². The minimum Gasteiger partial charge on any atom is -0.462 e. The summed E-state index contributed by atoms with van der Waals surface area (Å²) in [4.78, 5) is 37.4. The van der Waals surface area contributed by atoms with Gasteiger partial charge in [-0.15, -0.1) is 0 Å². The molecule has 49 heavy (non-hydrogen) atoms. The lowest BCUT2D eigenvalue weighted by Crippen LogP contribution is -2.30. The molecule has 0 aliphatic heterocycles. The summed E-state index contributed by atoms with van der Waals surface area (Å²) in [7, 11) is 0. The Morgan fingerprint density at radius 2 is 0.796 bits per heavy atom. The van der Waals surface area contributed by atoms with E-state index in [9.17, 15) is 14.4 Å². The third-order valence-corrected chi connectivity index (χ3v) is 8.16. The van der Waals surface area contributed by atoms with Gasteiger partial charge in [0, 0.05) is 19.3 Å². The molecule has 0 spiro atoms. The van der Waals surface area contributed by atoms with Crippen LogP contribution >= 0.6 is 0 Å². The Labute approximate surface area is 300 Å². The van der Waals surface area contributed by atoms with Gasteiger partial charge in [-0.05, 0) is 32.1 Å². The van der Waals surface area contributed by atoms with E-state index in [0.717, 1.165) is 51.4 Å². The second-order valence-corrected chi connectivity index (χ2v) is 12.9. The number of carbonyl (C=O) groups is 3. The molecule has 0 saturated heterocycles. The summed E-state index contributed by atoms with van der Waals surface area (Å²) in [6, 6.07) is 0. The summed E-state index contributed by atoms with van der Waals surface area (Å²) < 4.78 is 16.5. The first-order valence-electron chi connectivity index (χ1n) is 19.9. The second kappa shape index (κ2) is 37.9. The first-order chi connectivity index (χ1) is 24.0. The highest BCUT2D eigenvalue weighted by Gasteiger charge is 2.19. The van der Waals surface area contributed by atoms with Crippen molar-refractivity contribution >= 4 is 17.9 Å². The molecule has 6 heteroatoms. The number of allylic oxidation sites excluding steroid dienone is 10. The zero-order valence-corrected chi connectivity index (χ0v) is 31.7. The van der Waals surface area contributed by atoms with Crippen molar-refractivity contribution in [2.45, 2.75) is 181 Å². The smallest absolute Gasteiger partial charge is 0.306 e. The van der Waals surface area contributed by atoms with E-state index in [1.807, 2.05) is 54.7 Å². The average molecular weight is 685 g/mol. The van der Waals surface area contributed by atoms with Gasteiger partial charge in [-0.3, -0.25) is 14.4 Å². The molecule has 0 radical (unpaired) electrons. The van der Waals surface area contributed by atoms with Crippen LogP contribution in [0.15, 0.2) is 60.8 Å². The molecule has 6 nitrogen and oxygen atoms in total. The molecular formula is C43H72O6. The summed E-state index contributed by atoms with van der Waals surface area (Å²) in [5.74, 6) is -0.987. The van der Waals surface area contributed by atoms with Gasteiger partial charge < -0.3 is 14.2 Å². The minimum atomic E-state index is -0.794.